The minimum Gasteiger partial charge on any atom is -0.354 e. The molecule has 0 heterocycles. The van der Waals surface area contributed by atoms with E-state index in [2.05, 4.69) is 55.7 Å². The zero-order valence-corrected chi connectivity index (χ0v) is 16.8. The number of nitrogens with one attached hydrogen (secondary N) is 2. The molecule has 0 saturated heterocycles. The second-order valence-corrected chi connectivity index (χ2v) is 6.22. The molecule has 2 atom stereocenters. The van der Waals surface area contributed by atoms with E-state index in [0.29, 0.717) is 13.0 Å². The zero-order valence-electron chi connectivity index (χ0n) is 15.2. The molecule has 0 aliphatic carbocycles. The minimum atomic E-state index is -0.103. The van der Waals surface area contributed by atoms with E-state index >= 15 is 0 Å². The fraction of sp³-hybridized carbons (Fsp3) is 0.611. The summed E-state index contributed by atoms with van der Waals surface area (Å²) in [4.78, 5) is 11.9. The number of rotatable bonds is 9. The molecule has 0 aliphatic heterocycles. The molecule has 0 fully saturated rings. The molecule has 1 aromatic rings. The summed E-state index contributed by atoms with van der Waals surface area (Å²) in [6, 6.07) is 10.5. The standard InChI is InChI=1S/C18H31N3O.2ClH/c1-5-18(6-2,13-20-17(22)12-14(3)19)21-15(4)16-10-8-7-9-11-16;;/h7-11,14-15,21H,5-6,12-13,19H2,1-4H3,(H,20,22);2*1H. The van der Waals surface area contributed by atoms with Gasteiger partial charge in [0.2, 0.25) is 5.91 Å². The van der Waals surface area contributed by atoms with E-state index in [9.17, 15) is 4.79 Å². The summed E-state index contributed by atoms with van der Waals surface area (Å²) >= 11 is 0. The molecule has 0 saturated carbocycles. The maximum atomic E-state index is 11.9. The van der Waals surface area contributed by atoms with E-state index in [4.69, 9.17) is 5.73 Å². The van der Waals surface area contributed by atoms with Gasteiger partial charge in [-0.15, -0.1) is 24.8 Å². The molecule has 0 aliphatic rings. The third-order valence-electron chi connectivity index (χ3n) is 4.31. The molecule has 2 unspecified atom stereocenters. The van der Waals surface area contributed by atoms with Crippen molar-refractivity contribution in [1.82, 2.24) is 10.6 Å². The van der Waals surface area contributed by atoms with Gasteiger partial charge in [0.05, 0.1) is 0 Å². The van der Waals surface area contributed by atoms with Crippen molar-refractivity contribution in [2.24, 2.45) is 5.73 Å². The molecule has 140 valence electrons. The van der Waals surface area contributed by atoms with Crippen molar-refractivity contribution in [2.75, 3.05) is 6.54 Å². The van der Waals surface area contributed by atoms with Gasteiger partial charge in [-0.25, -0.2) is 0 Å². The summed E-state index contributed by atoms with van der Waals surface area (Å²) in [5.74, 6) is 0.0236. The Hall–Kier alpha value is -0.810. The first kappa shape index (κ1) is 25.4. The van der Waals surface area contributed by atoms with Crippen molar-refractivity contribution in [3.63, 3.8) is 0 Å². The number of amides is 1. The van der Waals surface area contributed by atoms with Gasteiger partial charge in [-0.2, -0.15) is 0 Å². The van der Waals surface area contributed by atoms with Crippen LogP contribution in [0.15, 0.2) is 30.3 Å². The summed E-state index contributed by atoms with van der Waals surface area (Å²) < 4.78 is 0. The Balaban J connectivity index is 0. The van der Waals surface area contributed by atoms with E-state index in [1.807, 2.05) is 13.0 Å². The van der Waals surface area contributed by atoms with E-state index in [1.165, 1.54) is 5.56 Å². The molecular weight excluding hydrogens is 345 g/mol. The van der Waals surface area contributed by atoms with Crippen molar-refractivity contribution in [3.8, 4) is 0 Å². The lowest BCUT2D eigenvalue weighted by Gasteiger charge is -2.36. The van der Waals surface area contributed by atoms with Crippen molar-refractivity contribution in [2.45, 2.75) is 64.6 Å². The molecule has 4 N–H and O–H groups in total. The normalized spacial score (nSPS) is 13.2. The topological polar surface area (TPSA) is 67.2 Å². The summed E-state index contributed by atoms with van der Waals surface area (Å²) in [5.41, 5.74) is 6.84. The zero-order chi connectivity index (χ0) is 16.6. The Morgan fingerprint density at radius 1 is 1.12 bits per heavy atom. The molecular formula is C18H33Cl2N3O. The average Bonchev–Trinajstić information content (AvgIpc) is 2.51. The smallest absolute Gasteiger partial charge is 0.221 e. The summed E-state index contributed by atoms with van der Waals surface area (Å²) in [5, 5.41) is 6.74. The first-order valence-corrected chi connectivity index (χ1v) is 8.27. The van der Waals surface area contributed by atoms with Gasteiger partial charge in [-0.05, 0) is 32.3 Å². The highest BCUT2D eigenvalue weighted by Gasteiger charge is 2.28. The van der Waals surface area contributed by atoms with Crippen LogP contribution >= 0.6 is 24.8 Å². The Labute approximate surface area is 159 Å². The predicted octanol–water partition coefficient (Wildman–Crippen LogP) is 3.59. The molecule has 0 bridgehead atoms. The van der Waals surface area contributed by atoms with Crippen molar-refractivity contribution in [1.29, 1.82) is 0 Å². The van der Waals surface area contributed by atoms with Gasteiger partial charge < -0.3 is 16.4 Å². The second kappa shape index (κ2) is 12.5. The number of carbonyl (C=O) groups excluding carboxylic acids is 1. The molecule has 1 amide bonds. The highest BCUT2D eigenvalue weighted by molar-refractivity contribution is 5.85. The quantitative estimate of drug-likeness (QED) is 0.615. The first-order chi connectivity index (χ1) is 10.4. The van der Waals surface area contributed by atoms with Crippen LogP contribution in [-0.4, -0.2) is 24.0 Å². The summed E-state index contributed by atoms with van der Waals surface area (Å²) in [7, 11) is 0. The van der Waals surface area contributed by atoms with Gasteiger partial charge in [-0.3, -0.25) is 4.79 Å². The molecule has 4 nitrogen and oxygen atoms in total. The van der Waals surface area contributed by atoms with E-state index in [-0.39, 0.29) is 48.3 Å². The molecule has 0 radical (unpaired) electrons. The van der Waals surface area contributed by atoms with E-state index < -0.39 is 0 Å². The fourth-order valence-electron chi connectivity index (χ4n) is 2.67. The number of benzene rings is 1. The Kier molecular flexibility index (Phi) is 13.3. The minimum absolute atomic E-state index is 0. The highest BCUT2D eigenvalue weighted by atomic mass is 35.5. The third kappa shape index (κ3) is 8.34. The van der Waals surface area contributed by atoms with Crippen LogP contribution < -0.4 is 16.4 Å². The molecule has 6 heteroatoms. The van der Waals surface area contributed by atoms with Gasteiger partial charge in [-0.1, -0.05) is 44.2 Å². The molecule has 0 aromatic heterocycles. The van der Waals surface area contributed by atoms with Gasteiger partial charge >= 0.3 is 0 Å². The Morgan fingerprint density at radius 2 is 1.67 bits per heavy atom. The highest BCUT2D eigenvalue weighted by Crippen LogP contribution is 2.21. The van der Waals surface area contributed by atoms with Crippen LogP contribution in [0, 0.1) is 0 Å². The Bertz CT molecular complexity index is 451. The maximum Gasteiger partial charge on any atom is 0.221 e. The summed E-state index contributed by atoms with van der Waals surface area (Å²) in [6.45, 7) is 8.96. The average molecular weight is 378 g/mol. The molecule has 0 spiro atoms. The third-order valence-corrected chi connectivity index (χ3v) is 4.31. The predicted molar refractivity (Wildman–Crippen MR) is 107 cm³/mol. The molecule has 1 rings (SSSR count). The second-order valence-electron chi connectivity index (χ2n) is 6.22. The van der Waals surface area contributed by atoms with Crippen LogP contribution in [0.25, 0.3) is 0 Å². The first-order valence-electron chi connectivity index (χ1n) is 8.27. The lowest BCUT2D eigenvalue weighted by Crippen LogP contribution is -2.53. The Morgan fingerprint density at radius 3 is 2.12 bits per heavy atom. The van der Waals surface area contributed by atoms with Crippen LogP contribution in [0.3, 0.4) is 0 Å². The van der Waals surface area contributed by atoms with Crippen molar-refractivity contribution < 1.29 is 4.79 Å². The molecule has 1 aromatic carbocycles. The monoisotopic (exact) mass is 377 g/mol. The number of carbonyl (C=O) groups is 1. The molecule has 24 heavy (non-hydrogen) atoms. The van der Waals surface area contributed by atoms with Crippen LogP contribution in [0.2, 0.25) is 0 Å². The van der Waals surface area contributed by atoms with E-state index in [1.54, 1.807) is 0 Å². The van der Waals surface area contributed by atoms with Gasteiger partial charge in [0.15, 0.2) is 0 Å². The van der Waals surface area contributed by atoms with Crippen LogP contribution in [-0.2, 0) is 4.79 Å². The van der Waals surface area contributed by atoms with Crippen molar-refractivity contribution >= 4 is 30.7 Å². The van der Waals surface area contributed by atoms with Crippen LogP contribution in [0.1, 0.15) is 58.6 Å². The number of nitrogens with two attached hydrogens (primary N) is 1. The number of hydrogen-bond donors (Lipinski definition) is 3. The largest absolute Gasteiger partial charge is 0.354 e. The van der Waals surface area contributed by atoms with Gasteiger partial charge in [0, 0.05) is 30.6 Å². The fourth-order valence-corrected chi connectivity index (χ4v) is 2.67. The van der Waals surface area contributed by atoms with Gasteiger partial charge in [0.1, 0.15) is 0 Å². The number of halogens is 2. The number of hydrogen-bond acceptors (Lipinski definition) is 3. The van der Waals surface area contributed by atoms with Gasteiger partial charge in [0.25, 0.3) is 0 Å². The summed E-state index contributed by atoms with van der Waals surface area (Å²) in [6.07, 6.45) is 2.29. The van der Waals surface area contributed by atoms with Crippen LogP contribution in [0.4, 0.5) is 0 Å². The van der Waals surface area contributed by atoms with Crippen LogP contribution in [0.5, 0.6) is 0 Å². The lowest BCUT2D eigenvalue weighted by molar-refractivity contribution is -0.121. The maximum absolute atomic E-state index is 11.9. The van der Waals surface area contributed by atoms with E-state index in [0.717, 1.165) is 12.8 Å². The van der Waals surface area contributed by atoms with Crippen molar-refractivity contribution in [3.05, 3.63) is 35.9 Å². The SMILES string of the molecule is CCC(CC)(CNC(=O)CC(C)N)NC(C)c1ccccc1.Cl.Cl. The lowest BCUT2D eigenvalue weighted by atomic mass is 9.90.